The first kappa shape index (κ1) is 70.1. The van der Waals surface area contributed by atoms with Gasteiger partial charge in [-0.15, -0.1) is 0 Å². The van der Waals surface area contributed by atoms with Crippen molar-refractivity contribution in [3.8, 4) is 0 Å². The highest BCUT2D eigenvalue weighted by Crippen LogP contribution is 2.15. The molecule has 74 heavy (non-hydrogen) atoms. The van der Waals surface area contributed by atoms with Crippen molar-refractivity contribution in [2.75, 3.05) is 13.2 Å². The number of rotatable bonds is 55. The maximum atomic E-state index is 12.8. The van der Waals surface area contributed by atoms with Gasteiger partial charge in [0.05, 0.1) is 0 Å². The molecular formula is C68H114O6. The Kier molecular flexibility index (Phi) is 58.3. The molecule has 0 radical (unpaired) electrons. The zero-order valence-corrected chi connectivity index (χ0v) is 48.3. The van der Waals surface area contributed by atoms with Crippen LogP contribution in [0.25, 0.3) is 0 Å². The lowest BCUT2D eigenvalue weighted by molar-refractivity contribution is -0.167. The van der Waals surface area contributed by atoms with E-state index < -0.39 is 6.10 Å². The van der Waals surface area contributed by atoms with Gasteiger partial charge in [-0.25, -0.2) is 0 Å². The molecule has 6 heteroatoms. The maximum absolute atomic E-state index is 12.8. The predicted octanol–water partition coefficient (Wildman–Crippen LogP) is 21.0. The number of carbonyl (C=O) groups excluding carboxylic acids is 3. The molecule has 1 atom stereocenters. The summed E-state index contributed by atoms with van der Waals surface area (Å²) >= 11 is 0. The van der Waals surface area contributed by atoms with Gasteiger partial charge in [0.15, 0.2) is 6.10 Å². The van der Waals surface area contributed by atoms with Crippen molar-refractivity contribution in [1.82, 2.24) is 0 Å². The molecule has 0 aromatic heterocycles. The molecule has 422 valence electrons. The second-order valence-corrected chi connectivity index (χ2v) is 20.2. The minimum absolute atomic E-state index is 0.0838. The fourth-order valence-electron chi connectivity index (χ4n) is 8.39. The fraction of sp³-hybridized carbons (Fsp3) is 0.691. The lowest BCUT2D eigenvalue weighted by Gasteiger charge is -2.18. The summed E-state index contributed by atoms with van der Waals surface area (Å²) in [5.41, 5.74) is 0. The Morgan fingerprint density at radius 2 is 0.527 bits per heavy atom. The topological polar surface area (TPSA) is 78.9 Å². The van der Waals surface area contributed by atoms with Crippen molar-refractivity contribution in [3.63, 3.8) is 0 Å². The molecule has 0 rings (SSSR count). The lowest BCUT2D eigenvalue weighted by Crippen LogP contribution is -2.30. The van der Waals surface area contributed by atoms with Crippen LogP contribution in [-0.2, 0) is 28.6 Å². The number of ether oxygens (including phenoxy) is 3. The summed E-state index contributed by atoms with van der Waals surface area (Å²) in [5, 5.41) is 0. The number of hydrogen-bond donors (Lipinski definition) is 0. The predicted molar refractivity (Wildman–Crippen MR) is 320 cm³/mol. The van der Waals surface area contributed by atoms with Crippen LogP contribution in [0.5, 0.6) is 0 Å². The van der Waals surface area contributed by atoms with Crippen molar-refractivity contribution in [2.45, 2.75) is 290 Å². The Hall–Kier alpha value is -3.93. The lowest BCUT2D eigenvalue weighted by atomic mass is 10.1. The van der Waals surface area contributed by atoms with Gasteiger partial charge in [0, 0.05) is 19.3 Å². The first-order chi connectivity index (χ1) is 36.5. The van der Waals surface area contributed by atoms with Gasteiger partial charge in [0.2, 0.25) is 0 Å². The van der Waals surface area contributed by atoms with Gasteiger partial charge in [-0.2, -0.15) is 0 Å². The maximum Gasteiger partial charge on any atom is 0.306 e. The molecule has 0 aliphatic rings. The molecule has 0 saturated carbocycles. The number of unbranched alkanes of at least 4 members (excludes halogenated alkanes) is 26. The molecular weight excluding hydrogens is 913 g/mol. The highest BCUT2D eigenvalue weighted by atomic mass is 16.6. The summed E-state index contributed by atoms with van der Waals surface area (Å²) in [7, 11) is 0. The van der Waals surface area contributed by atoms with Gasteiger partial charge in [-0.3, -0.25) is 14.4 Å². The van der Waals surface area contributed by atoms with Crippen LogP contribution in [0.3, 0.4) is 0 Å². The van der Waals surface area contributed by atoms with E-state index >= 15 is 0 Å². The van der Waals surface area contributed by atoms with Crippen LogP contribution in [0.4, 0.5) is 0 Å². The quantitative estimate of drug-likeness (QED) is 0.0261. The van der Waals surface area contributed by atoms with Gasteiger partial charge in [0.25, 0.3) is 0 Å². The van der Waals surface area contributed by atoms with E-state index in [1.165, 1.54) is 109 Å². The highest BCUT2D eigenvalue weighted by molar-refractivity contribution is 5.71. The fourth-order valence-corrected chi connectivity index (χ4v) is 8.39. The van der Waals surface area contributed by atoms with E-state index in [1.54, 1.807) is 0 Å². The Morgan fingerprint density at radius 3 is 0.851 bits per heavy atom. The summed E-state index contributed by atoms with van der Waals surface area (Å²) in [6.07, 6.45) is 83.8. The molecule has 0 amide bonds. The third-order valence-electron chi connectivity index (χ3n) is 13.0. The monoisotopic (exact) mass is 1030 g/mol. The summed E-state index contributed by atoms with van der Waals surface area (Å²) in [5.74, 6) is -0.902. The minimum Gasteiger partial charge on any atom is -0.462 e. The molecule has 1 unspecified atom stereocenters. The van der Waals surface area contributed by atoms with Crippen molar-refractivity contribution < 1.29 is 28.6 Å². The van der Waals surface area contributed by atoms with E-state index in [9.17, 15) is 14.4 Å². The van der Waals surface area contributed by atoms with Gasteiger partial charge in [0.1, 0.15) is 13.2 Å². The van der Waals surface area contributed by atoms with Gasteiger partial charge < -0.3 is 14.2 Å². The van der Waals surface area contributed by atoms with Gasteiger partial charge >= 0.3 is 17.9 Å². The zero-order valence-electron chi connectivity index (χ0n) is 48.3. The van der Waals surface area contributed by atoms with E-state index in [4.69, 9.17) is 14.2 Å². The van der Waals surface area contributed by atoms with Crippen LogP contribution >= 0.6 is 0 Å². The van der Waals surface area contributed by atoms with Crippen LogP contribution in [0.15, 0.2) is 109 Å². The molecule has 0 bridgehead atoms. The number of carbonyl (C=O) groups is 3. The SMILES string of the molecule is CC/C=C\C/C=C\C/C=C\C/C=C\C/C=C\C/C=C\C/C=C\CCCCCCCCCCCC(=O)OCC(COC(=O)CCCCCCCCCCCC)OC(=O)CCCCCCC/C=C\C/C=C\CCCCC. The third kappa shape index (κ3) is 59.0. The second kappa shape index (κ2) is 61.6. The molecule has 0 N–H and O–H groups in total. The number of hydrogen-bond acceptors (Lipinski definition) is 6. The molecule has 0 aromatic carbocycles. The zero-order chi connectivity index (χ0) is 53.6. The molecule has 0 aliphatic carbocycles. The second-order valence-electron chi connectivity index (χ2n) is 20.2. The summed E-state index contributed by atoms with van der Waals surface area (Å²) in [6, 6.07) is 0. The Labute approximate surface area is 457 Å². The van der Waals surface area contributed by atoms with Crippen LogP contribution in [0, 0.1) is 0 Å². The van der Waals surface area contributed by atoms with E-state index in [2.05, 4.69) is 130 Å². The Balaban J connectivity index is 4.23. The standard InChI is InChI=1S/C68H114O6/c1-4-7-10-13-16-19-22-24-26-27-28-29-30-31-32-33-34-35-36-37-38-39-40-41-43-44-46-49-52-55-58-61-67(70)73-64-65(63-72-66(69)60-57-54-51-48-21-18-15-12-9-6-3)74-68(71)62-59-56-53-50-47-45-42-25-23-20-17-14-11-8-5-2/h7,10,16-17,19-20,24-26,28-29,31-32,34-35,37-38,42,65H,4-6,8-9,11-15,18,21-23,27,30,33,36,39-41,43-64H2,1-3H3/b10-7-,19-16-,20-17-,26-24-,29-28-,32-31-,35-34-,38-37-,42-25-. The van der Waals surface area contributed by atoms with E-state index in [-0.39, 0.29) is 31.1 Å². The first-order valence-corrected chi connectivity index (χ1v) is 30.9. The van der Waals surface area contributed by atoms with Crippen LogP contribution in [0.2, 0.25) is 0 Å². The normalized spacial score (nSPS) is 12.9. The molecule has 6 nitrogen and oxygen atoms in total. The molecule has 0 saturated heterocycles. The summed E-state index contributed by atoms with van der Waals surface area (Å²) in [4.78, 5) is 38.1. The average molecular weight is 1030 g/mol. The summed E-state index contributed by atoms with van der Waals surface area (Å²) < 4.78 is 16.8. The highest BCUT2D eigenvalue weighted by Gasteiger charge is 2.19. The van der Waals surface area contributed by atoms with Crippen molar-refractivity contribution >= 4 is 17.9 Å². The number of esters is 3. The van der Waals surface area contributed by atoms with Crippen LogP contribution in [0.1, 0.15) is 284 Å². The van der Waals surface area contributed by atoms with E-state index in [0.717, 1.165) is 135 Å². The van der Waals surface area contributed by atoms with Crippen molar-refractivity contribution in [3.05, 3.63) is 109 Å². The summed E-state index contributed by atoms with van der Waals surface area (Å²) in [6.45, 7) is 6.48. The first-order valence-electron chi connectivity index (χ1n) is 30.9. The van der Waals surface area contributed by atoms with Gasteiger partial charge in [-0.1, -0.05) is 265 Å². The van der Waals surface area contributed by atoms with Gasteiger partial charge in [-0.05, 0) is 109 Å². The van der Waals surface area contributed by atoms with E-state index in [0.29, 0.717) is 19.3 Å². The van der Waals surface area contributed by atoms with E-state index in [1.807, 2.05) is 0 Å². The smallest absolute Gasteiger partial charge is 0.306 e. The third-order valence-corrected chi connectivity index (χ3v) is 13.0. The molecule has 0 aliphatic heterocycles. The molecule has 0 heterocycles. The van der Waals surface area contributed by atoms with Crippen LogP contribution in [-0.4, -0.2) is 37.2 Å². The number of allylic oxidation sites excluding steroid dienone is 18. The van der Waals surface area contributed by atoms with Crippen LogP contribution < -0.4 is 0 Å². The van der Waals surface area contributed by atoms with Crippen molar-refractivity contribution in [2.24, 2.45) is 0 Å². The largest absolute Gasteiger partial charge is 0.462 e. The Morgan fingerprint density at radius 1 is 0.284 bits per heavy atom. The minimum atomic E-state index is -0.787. The molecule has 0 aromatic rings. The molecule has 0 fully saturated rings. The van der Waals surface area contributed by atoms with Crippen molar-refractivity contribution in [1.29, 1.82) is 0 Å². The Bertz CT molecular complexity index is 1510. The molecule has 0 spiro atoms. The average Bonchev–Trinajstić information content (AvgIpc) is 3.40.